The highest BCUT2D eigenvalue weighted by Gasteiger charge is 1.71. The van der Waals surface area contributed by atoms with Crippen molar-refractivity contribution in [3.8, 4) is 0 Å². The minimum Gasteiger partial charge on any atom is -1.00 e. The van der Waals surface area contributed by atoms with Gasteiger partial charge in [-0.3, -0.25) is 5.10 Å². The lowest BCUT2D eigenvalue weighted by Gasteiger charge is -2.27. The fourth-order valence-corrected chi connectivity index (χ4v) is 0.582. The summed E-state index contributed by atoms with van der Waals surface area (Å²) in [7, 11) is 0. The van der Waals surface area contributed by atoms with E-state index in [1.165, 1.54) is 11.0 Å². The third kappa shape index (κ3) is 3.34. The molecule has 10 heteroatoms. The third-order valence-corrected chi connectivity index (χ3v) is 1.15. The predicted octanol–water partition coefficient (Wildman–Crippen LogP) is -3.67. The molecule has 0 aromatic carbocycles. The topological polar surface area (TPSA) is 88.8 Å². The number of nitrogens with one attached hydrogen (secondary N) is 1. The standard InChI is InChI=1S/C2H5ClN7S.ClH/c3-6-7-8-9-10-1-4-5-2(10)11;/h1,9H,7H2,(H,5,11);1H/q-1;/p-2. The Morgan fingerprint density at radius 1 is 1.83 bits per heavy atom. The zero-order valence-corrected chi connectivity index (χ0v) is 7.88. The summed E-state index contributed by atoms with van der Waals surface area (Å²) in [6.07, 6.45) is 1.38. The lowest BCUT2D eigenvalue weighted by Crippen LogP contribution is -3.00. The van der Waals surface area contributed by atoms with Gasteiger partial charge in [0.05, 0.1) is 0 Å². The van der Waals surface area contributed by atoms with Gasteiger partial charge >= 0.3 is 0 Å². The molecule has 0 saturated heterocycles. The molecule has 70 valence electrons. The van der Waals surface area contributed by atoms with E-state index in [0.717, 1.165) is 5.53 Å². The average molecular weight is 229 g/mol. The van der Waals surface area contributed by atoms with Crippen molar-refractivity contribution in [2.75, 3.05) is 5.53 Å². The van der Waals surface area contributed by atoms with Gasteiger partial charge in [-0.1, -0.05) is 12.2 Å². The zero-order valence-electron chi connectivity index (χ0n) is 5.55. The molecule has 0 aliphatic rings. The zero-order chi connectivity index (χ0) is 8.10. The van der Waals surface area contributed by atoms with Crippen LogP contribution in [0.25, 0.3) is 10.5 Å². The summed E-state index contributed by atoms with van der Waals surface area (Å²) in [5.74, 6) is 0. The Labute approximate surface area is 84.3 Å². The molecule has 0 unspecified atom stereocenters. The van der Waals surface area contributed by atoms with Gasteiger partial charge in [0.15, 0.2) is 0 Å². The van der Waals surface area contributed by atoms with Crippen molar-refractivity contribution < 1.29 is 17.9 Å². The fourth-order valence-electron chi connectivity index (χ4n) is 0.403. The van der Waals surface area contributed by atoms with E-state index in [-0.39, 0.29) is 17.2 Å². The number of rotatable bonds is 4. The quantitative estimate of drug-likeness (QED) is 0.241. The van der Waals surface area contributed by atoms with Crippen LogP contribution in [0.5, 0.6) is 0 Å². The maximum Gasteiger partial charge on any atom is 0.0397 e. The number of nitrogens with two attached hydrogens (primary N) is 1. The van der Waals surface area contributed by atoms with Gasteiger partial charge in [-0.25, -0.2) is 11.8 Å². The Morgan fingerprint density at radius 3 is 3.08 bits per heavy atom. The van der Waals surface area contributed by atoms with Gasteiger partial charge in [0.25, 0.3) is 0 Å². The molecule has 1 aromatic rings. The van der Waals surface area contributed by atoms with E-state index in [1.54, 1.807) is 0 Å². The molecule has 0 saturated carbocycles. The molecule has 12 heavy (non-hydrogen) atoms. The minimum atomic E-state index is 0. The molecular weight excluding hydrogens is 225 g/mol. The monoisotopic (exact) mass is 228 g/mol. The first-order valence-corrected chi connectivity index (χ1v) is 3.25. The van der Waals surface area contributed by atoms with Gasteiger partial charge in [0.1, 0.15) is 0 Å². The number of hydrogen-bond acceptors (Lipinski definition) is 3. The van der Waals surface area contributed by atoms with Crippen LogP contribution >= 0.6 is 24.0 Å². The molecule has 1 heterocycles. The number of aromatic nitrogens is 3. The van der Waals surface area contributed by atoms with Crippen LogP contribution in [-0.2, 0) is 0 Å². The summed E-state index contributed by atoms with van der Waals surface area (Å²) in [5.41, 5.74) is 7.13. The summed E-state index contributed by atoms with van der Waals surface area (Å²) in [6, 6.07) is 0. The van der Waals surface area contributed by atoms with Gasteiger partial charge in [-0.15, -0.1) is 0 Å². The molecule has 3 N–H and O–H groups in total. The summed E-state index contributed by atoms with van der Waals surface area (Å²) < 4.78 is 1.63. The second kappa shape index (κ2) is 6.17. The van der Waals surface area contributed by atoms with Gasteiger partial charge in [0, 0.05) is 11.1 Å². The summed E-state index contributed by atoms with van der Waals surface area (Å²) in [4.78, 5) is 3.09. The Hall–Kier alpha value is -0.380. The molecule has 0 amide bonds. The van der Waals surface area contributed by atoms with Gasteiger partial charge in [0.2, 0.25) is 0 Å². The summed E-state index contributed by atoms with van der Waals surface area (Å²) in [6.45, 7) is 0. The molecule has 7 nitrogen and oxygen atoms in total. The first-order valence-electron chi connectivity index (χ1n) is 2.50. The van der Waals surface area contributed by atoms with E-state index < -0.39 is 0 Å². The fraction of sp³-hybridized carbons (Fsp3) is 0. The summed E-state index contributed by atoms with van der Waals surface area (Å²) in [5, 5.41) is 7.03. The molecule has 0 fully saturated rings. The second-order valence-electron chi connectivity index (χ2n) is 1.43. The van der Waals surface area contributed by atoms with Crippen molar-refractivity contribution in [1.82, 2.24) is 14.9 Å². The van der Waals surface area contributed by atoms with Crippen LogP contribution in [-0.4, -0.2) is 9.77 Å². The van der Waals surface area contributed by atoms with Crippen LogP contribution < -0.4 is 28.6 Å². The molecule has 1 aromatic heterocycles. The minimum absolute atomic E-state index is 0. The third-order valence-electron chi connectivity index (χ3n) is 0.783. The Balaban J connectivity index is 0.00000121. The maximum atomic E-state index is 4.95. The molecule has 0 atom stereocenters. The summed E-state index contributed by atoms with van der Waals surface area (Å²) >= 11 is 9.67. The largest absolute Gasteiger partial charge is 1.00 e. The Bertz CT molecular complexity index is 256. The Kier molecular flexibility index (Phi) is 5.98. The molecule has 0 bridgehead atoms. The van der Waals surface area contributed by atoms with Crippen LogP contribution in [0.4, 0.5) is 0 Å². The number of nitrogens with zero attached hydrogens (tertiary/aromatic N) is 5. The molecule has 0 radical (unpaired) electrons. The van der Waals surface area contributed by atoms with E-state index in [4.69, 9.17) is 24.0 Å². The first-order chi connectivity index (χ1) is 5.34. The highest BCUT2D eigenvalue weighted by atomic mass is 35.5. The van der Waals surface area contributed by atoms with Crippen LogP contribution in [0.3, 0.4) is 0 Å². The maximum absolute atomic E-state index is 4.95. The van der Waals surface area contributed by atoms with Crippen molar-refractivity contribution in [1.29, 1.82) is 0 Å². The highest BCUT2D eigenvalue weighted by Crippen LogP contribution is 1.81. The molecule has 0 spiro atoms. The van der Waals surface area contributed by atoms with Crippen molar-refractivity contribution in [2.24, 2.45) is 0 Å². The molecule has 0 aliphatic carbocycles. The number of quaternary nitrogens is 1. The van der Waals surface area contributed by atoms with Crippen molar-refractivity contribution in [2.45, 2.75) is 0 Å². The van der Waals surface area contributed by atoms with E-state index in [0.29, 0.717) is 0 Å². The van der Waals surface area contributed by atoms with E-state index in [9.17, 15) is 0 Å². The SMILES string of the molecule is S=c1[n-]ncn1N[N-][NH2+][N-]Cl.[Cl-]. The van der Waals surface area contributed by atoms with Crippen LogP contribution in [0.2, 0.25) is 0 Å². The predicted molar refractivity (Wildman–Crippen MR) is 40.2 cm³/mol. The van der Waals surface area contributed by atoms with Gasteiger partial charge in [-0.05, 0) is 0 Å². The molecule has 0 aliphatic heterocycles. The normalized spacial score (nSPS) is 9.08. The number of halogens is 2. The lowest BCUT2D eigenvalue weighted by atomic mass is 11.2. The highest BCUT2D eigenvalue weighted by molar-refractivity contribution is 7.71. The smallest absolute Gasteiger partial charge is 0.0397 e. The van der Waals surface area contributed by atoms with E-state index in [2.05, 4.69) is 26.2 Å². The molecule has 1 rings (SSSR count). The second-order valence-corrected chi connectivity index (χ2v) is 1.99. The van der Waals surface area contributed by atoms with Crippen LogP contribution in [0.1, 0.15) is 0 Å². The Morgan fingerprint density at radius 2 is 2.58 bits per heavy atom. The van der Waals surface area contributed by atoms with E-state index in [1.807, 2.05) is 0 Å². The van der Waals surface area contributed by atoms with Crippen molar-refractivity contribution in [3.05, 3.63) is 21.6 Å². The lowest BCUT2D eigenvalue weighted by molar-refractivity contribution is -0.545. The van der Waals surface area contributed by atoms with Crippen LogP contribution in [0.15, 0.2) is 6.33 Å². The van der Waals surface area contributed by atoms with Gasteiger partial charge < -0.3 is 43.7 Å². The average Bonchev–Trinajstić information content (AvgIpc) is 2.37. The van der Waals surface area contributed by atoms with Crippen molar-refractivity contribution >= 4 is 24.0 Å². The van der Waals surface area contributed by atoms with Gasteiger partial charge in [-0.2, -0.15) is 0 Å². The molecular formula is C2H4Cl2N7S-3. The van der Waals surface area contributed by atoms with E-state index >= 15 is 0 Å². The number of hydrogen-bond donors (Lipinski definition) is 2. The van der Waals surface area contributed by atoms with Crippen molar-refractivity contribution in [3.63, 3.8) is 0 Å². The van der Waals surface area contributed by atoms with Crippen LogP contribution in [0, 0.1) is 4.77 Å². The first kappa shape index (κ1) is 11.6.